The van der Waals surface area contributed by atoms with Gasteiger partial charge in [-0.2, -0.15) is 0 Å². The molecule has 1 aliphatic heterocycles. The number of aromatic amines is 1. The van der Waals surface area contributed by atoms with Crippen LogP contribution in [0.3, 0.4) is 0 Å². The molecule has 0 unspecified atom stereocenters. The van der Waals surface area contributed by atoms with Crippen molar-refractivity contribution >= 4 is 22.8 Å². The monoisotopic (exact) mass is 340 g/mol. The van der Waals surface area contributed by atoms with Crippen LogP contribution in [0.25, 0.3) is 11.0 Å². The molecule has 0 atom stereocenters. The highest BCUT2D eigenvalue weighted by molar-refractivity contribution is 5.83. The second kappa shape index (κ2) is 6.50. The molecular weight excluding hydrogens is 316 g/mol. The first-order chi connectivity index (χ1) is 12.1. The fourth-order valence-electron chi connectivity index (χ4n) is 3.44. The highest BCUT2D eigenvalue weighted by atomic mass is 16.2. The van der Waals surface area contributed by atoms with Crippen LogP contribution in [0.2, 0.25) is 0 Å². The van der Waals surface area contributed by atoms with E-state index in [1.165, 1.54) is 0 Å². The van der Waals surface area contributed by atoms with Crippen LogP contribution in [-0.2, 0) is 22.4 Å². The number of H-pyrrole nitrogens is 1. The molecule has 25 heavy (non-hydrogen) atoms. The number of nitrogens with zero attached hydrogens (tertiary/aromatic N) is 3. The maximum absolute atomic E-state index is 12.6. The molecule has 2 amide bonds. The van der Waals surface area contributed by atoms with E-state index in [1.54, 1.807) is 0 Å². The van der Waals surface area contributed by atoms with E-state index in [0.29, 0.717) is 32.6 Å². The highest BCUT2D eigenvalue weighted by Gasteiger charge is 2.35. The average molecular weight is 340 g/mol. The van der Waals surface area contributed by atoms with Crippen molar-refractivity contribution in [3.63, 3.8) is 0 Å². The van der Waals surface area contributed by atoms with Gasteiger partial charge < -0.3 is 14.8 Å². The SMILES string of the molecule is CCc1nc2ccc(CC(=O)N3CCN(C(=O)C4CC4)CC3)cc2[nH]1. The zero-order valence-corrected chi connectivity index (χ0v) is 14.6. The van der Waals surface area contributed by atoms with Gasteiger partial charge in [-0.1, -0.05) is 13.0 Å². The number of carbonyl (C=O) groups is 2. The number of aryl methyl sites for hydroxylation is 1. The van der Waals surface area contributed by atoms with E-state index >= 15 is 0 Å². The number of aromatic nitrogens is 2. The largest absolute Gasteiger partial charge is 0.342 e. The van der Waals surface area contributed by atoms with E-state index in [-0.39, 0.29) is 17.7 Å². The van der Waals surface area contributed by atoms with Crippen LogP contribution in [0.15, 0.2) is 18.2 Å². The Morgan fingerprint density at radius 2 is 1.88 bits per heavy atom. The number of rotatable bonds is 4. The van der Waals surface area contributed by atoms with Crippen LogP contribution >= 0.6 is 0 Å². The minimum absolute atomic E-state index is 0.133. The van der Waals surface area contributed by atoms with Crippen molar-refractivity contribution in [2.45, 2.75) is 32.6 Å². The molecule has 132 valence electrons. The summed E-state index contributed by atoms with van der Waals surface area (Å²) >= 11 is 0. The summed E-state index contributed by atoms with van der Waals surface area (Å²) in [6.45, 7) is 4.68. The summed E-state index contributed by atoms with van der Waals surface area (Å²) in [5, 5.41) is 0. The van der Waals surface area contributed by atoms with Gasteiger partial charge in [-0.25, -0.2) is 4.98 Å². The zero-order valence-electron chi connectivity index (χ0n) is 14.6. The number of nitrogens with one attached hydrogen (secondary N) is 1. The van der Waals surface area contributed by atoms with Crippen molar-refractivity contribution in [2.24, 2.45) is 5.92 Å². The molecule has 2 heterocycles. The molecule has 1 saturated carbocycles. The van der Waals surface area contributed by atoms with Crippen LogP contribution in [0.5, 0.6) is 0 Å². The number of imidazole rings is 1. The van der Waals surface area contributed by atoms with Gasteiger partial charge in [0.25, 0.3) is 0 Å². The average Bonchev–Trinajstić information content (AvgIpc) is 3.40. The first-order valence-corrected chi connectivity index (χ1v) is 9.18. The third-order valence-electron chi connectivity index (χ3n) is 5.16. The third kappa shape index (κ3) is 3.38. The van der Waals surface area contributed by atoms with Gasteiger partial charge in [0.1, 0.15) is 5.82 Å². The molecular formula is C19H24N4O2. The molecule has 1 aliphatic carbocycles. The van der Waals surface area contributed by atoms with Crippen LogP contribution in [0.1, 0.15) is 31.2 Å². The van der Waals surface area contributed by atoms with Crippen molar-refractivity contribution in [3.05, 3.63) is 29.6 Å². The predicted octanol–water partition coefficient (Wildman–Crippen LogP) is 1.75. The lowest BCUT2D eigenvalue weighted by atomic mass is 10.1. The van der Waals surface area contributed by atoms with Crippen LogP contribution in [-0.4, -0.2) is 57.8 Å². The second-order valence-corrected chi connectivity index (χ2v) is 7.05. The topological polar surface area (TPSA) is 69.3 Å². The van der Waals surface area contributed by atoms with Gasteiger partial charge in [0.15, 0.2) is 0 Å². The zero-order chi connectivity index (χ0) is 17.4. The highest BCUT2D eigenvalue weighted by Crippen LogP contribution is 2.31. The first-order valence-electron chi connectivity index (χ1n) is 9.18. The van der Waals surface area contributed by atoms with Crippen LogP contribution in [0.4, 0.5) is 0 Å². The van der Waals surface area contributed by atoms with Gasteiger partial charge in [0.05, 0.1) is 17.5 Å². The molecule has 6 heteroatoms. The summed E-state index contributed by atoms with van der Waals surface area (Å²) in [7, 11) is 0. The number of hydrogen-bond acceptors (Lipinski definition) is 3. The predicted molar refractivity (Wildman–Crippen MR) is 95.1 cm³/mol. The van der Waals surface area contributed by atoms with E-state index in [9.17, 15) is 9.59 Å². The Bertz CT molecular complexity index is 801. The standard InChI is InChI=1S/C19H24N4O2/c1-2-17-20-15-6-3-13(11-16(15)21-17)12-18(24)22-7-9-23(10-8-22)19(25)14-4-5-14/h3,6,11,14H,2,4-5,7-10,12H2,1H3,(H,20,21). The molecule has 0 bridgehead atoms. The summed E-state index contributed by atoms with van der Waals surface area (Å²) < 4.78 is 0. The van der Waals surface area contributed by atoms with Crippen LogP contribution in [0, 0.1) is 5.92 Å². The molecule has 1 N–H and O–H groups in total. The van der Waals surface area contributed by atoms with Crippen molar-refractivity contribution < 1.29 is 9.59 Å². The molecule has 0 spiro atoms. The number of amides is 2. The quantitative estimate of drug-likeness (QED) is 0.922. The van der Waals surface area contributed by atoms with Crippen molar-refractivity contribution in [1.82, 2.24) is 19.8 Å². The molecule has 1 aromatic heterocycles. The van der Waals surface area contributed by atoms with E-state index in [2.05, 4.69) is 16.9 Å². The fourth-order valence-corrected chi connectivity index (χ4v) is 3.44. The van der Waals surface area contributed by atoms with E-state index in [0.717, 1.165) is 41.7 Å². The second-order valence-electron chi connectivity index (χ2n) is 7.05. The summed E-state index contributed by atoms with van der Waals surface area (Å²) in [5.74, 6) is 1.64. The van der Waals surface area contributed by atoms with Crippen molar-refractivity contribution in [1.29, 1.82) is 0 Å². The lowest BCUT2D eigenvalue weighted by molar-refractivity contribution is -0.140. The number of hydrogen-bond donors (Lipinski definition) is 1. The Labute approximate surface area is 147 Å². The Morgan fingerprint density at radius 3 is 2.56 bits per heavy atom. The molecule has 4 rings (SSSR count). The lowest BCUT2D eigenvalue weighted by Crippen LogP contribution is -2.51. The molecule has 2 aliphatic rings. The molecule has 0 radical (unpaired) electrons. The van der Waals surface area contributed by atoms with Gasteiger partial charge in [-0.15, -0.1) is 0 Å². The maximum atomic E-state index is 12.6. The number of fused-ring (bicyclic) bond motifs is 1. The first kappa shape index (κ1) is 16.1. The Kier molecular flexibility index (Phi) is 4.19. The van der Waals surface area contributed by atoms with Crippen molar-refractivity contribution in [2.75, 3.05) is 26.2 Å². The molecule has 2 aromatic rings. The summed E-state index contributed by atoms with van der Waals surface area (Å²) in [6, 6.07) is 5.97. The summed E-state index contributed by atoms with van der Waals surface area (Å²) in [6.07, 6.45) is 3.33. The Hall–Kier alpha value is -2.37. The molecule has 6 nitrogen and oxygen atoms in total. The molecule has 1 aromatic carbocycles. The molecule has 2 fully saturated rings. The Morgan fingerprint density at radius 1 is 1.16 bits per heavy atom. The smallest absolute Gasteiger partial charge is 0.227 e. The van der Waals surface area contributed by atoms with Gasteiger partial charge in [-0.05, 0) is 30.5 Å². The van der Waals surface area contributed by atoms with Gasteiger partial charge in [0, 0.05) is 38.5 Å². The summed E-state index contributed by atoms with van der Waals surface area (Å²) in [4.78, 5) is 36.3. The normalized spacial score (nSPS) is 18.0. The van der Waals surface area contributed by atoms with Gasteiger partial charge in [0.2, 0.25) is 11.8 Å². The number of benzene rings is 1. The lowest BCUT2D eigenvalue weighted by Gasteiger charge is -2.35. The molecule has 1 saturated heterocycles. The van der Waals surface area contributed by atoms with Gasteiger partial charge >= 0.3 is 0 Å². The Balaban J connectivity index is 1.36. The van der Waals surface area contributed by atoms with E-state index < -0.39 is 0 Å². The maximum Gasteiger partial charge on any atom is 0.227 e. The number of carbonyl (C=O) groups excluding carboxylic acids is 2. The minimum atomic E-state index is 0.133. The van der Waals surface area contributed by atoms with Gasteiger partial charge in [-0.3, -0.25) is 9.59 Å². The number of piperazine rings is 1. The van der Waals surface area contributed by atoms with Crippen LogP contribution < -0.4 is 0 Å². The van der Waals surface area contributed by atoms with E-state index in [1.807, 2.05) is 28.0 Å². The third-order valence-corrected chi connectivity index (χ3v) is 5.16. The fraction of sp³-hybridized carbons (Fsp3) is 0.526. The van der Waals surface area contributed by atoms with E-state index in [4.69, 9.17) is 0 Å². The minimum Gasteiger partial charge on any atom is -0.342 e. The summed E-state index contributed by atoms with van der Waals surface area (Å²) in [5.41, 5.74) is 2.93. The van der Waals surface area contributed by atoms with Crippen molar-refractivity contribution in [3.8, 4) is 0 Å².